The second-order valence-electron chi connectivity index (χ2n) is 6.32. The third-order valence-corrected chi connectivity index (χ3v) is 5.66. The van der Waals surface area contributed by atoms with Gasteiger partial charge in [-0.2, -0.15) is 5.26 Å². The predicted molar refractivity (Wildman–Crippen MR) is 108 cm³/mol. The van der Waals surface area contributed by atoms with Gasteiger partial charge in [0.15, 0.2) is 5.78 Å². The van der Waals surface area contributed by atoms with Crippen LogP contribution in [0.15, 0.2) is 78.9 Å². The van der Waals surface area contributed by atoms with Crippen LogP contribution in [-0.4, -0.2) is 10.8 Å². The Bertz CT molecular complexity index is 1090. The number of Topliss-reactive ketones (excluding diaryl/α,β-unsaturated/α-hetero) is 1. The van der Waals surface area contributed by atoms with E-state index in [0.717, 1.165) is 20.8 Å². The fourth-order valence-electron chi connectivity index (χ4n) is 3.09. The standard InChI is InChI=1S/C23H16N2OS/c24-15-17-12-10-16(11-13-17)14-19(22(26)18-6-2-1-3-7-18)23-25-20-8-4-5-9-21(20)27-23/h1-13,19H,14H2/t19-/m0/s1. The first-order valence-corrected chi connectivity index (χ1v) is 9.50. The minimum Gasteiger partial charge on any atom is -0.293 e. The van der Waals surface area contributed by atoms with E-state index in [-0.39, 0.29) is 11.7 Å². The molecule has 4 rings (SSSR count). The topological polar surface area (TPSA) is 53.8 Å². The summed E-state index contributed by atoms with van der Waals surface area (Å²) < 4.78 is 1.08. The summed E-state index contributed by atoms with van der Waals surface area (Å²) in [4.78, 5) is 18.0. The molecule has 0 fully saturated rings. The van der Waals surface area contributed by atoms with E-state index in [9.17, 15) is 4.79 Å². The van der Waals surface area contributed by atoms with Gasteiger partial charge in [0.2, 0.25) is 0 Å². The van der Waals surface area contributed by atoms with E-state index in [2.05, 4.69) is 6.07 Å². The molecule has 27 heavy (non-hydrogen) atoms. The molecule has 4 heteroatoms. The van der Waals surface area contributed by atoms with Gasteiger partial charge < -0.3 is 0 Å². The number of para-hydroxylation sites is 1. The van der Waals surface area contributed by atoms with Crippen LogP contribution in [-0.2, 0) is 6.42 Å². The third kappa shape index (κ3) is 3.64. The maximum Gasteiger partial charge on any atom is 0.173 e. The quantitative estimate of drug-likeness (QED) is 0.445. The van der Waals surface area contributed by atoms with Crippen molar-refractivity contribution in [3.05, 3.63) is 101 Å². The Morgan fingerprint density at radius 2 is 1.67 bits per heavy atom. The van der Waals surface area contributed by atoms with Crippen molar-refractivity contribution in [2.24, 2.45) is 0 Å². The number of fused-ring (bicyclic) bond motifs is 1. The lowest BCUT2D eigenvalue weighted by Gasteiger charge is -2.14. The predicted octanol–water partition coefficient (Wildman–Crippen LogP) is 5.38. The monoisotopic (exact) mass is 368 g/mol. The first-order valence-electron chi connectivity index (χ1n) is 8.68. The van der Waals surface area contributed by atoms with Crippen LogP contribution in [0.2, 0.25) is 0 Å². The summed E-state index contributed by atoms with van der Waals surface area (Å²) in [6.07, 6.45) is 0.555. The zero-order valence-electron chi connectivity index (χ0n) is 14.5. The smallest absolute Gasteiger partial charge is 0.173 e. The molecule has 0 bridgehead atoms. The molecule has 130 valence electrons. The Morgan fingerprint density at radius 1 is 0.963 bits per heavy atom. The number of aromatic nitrogens is 1. The normalized spacial score (nSPS) is 11.8. The Balaban J connectivity index is 1.74. The Hall–Kier alpha value is -3.29. The van der Waals surface area contributed by atoms with Gasteiger partial charge in [0.05, 0.1) is 27.8 Å². The van der Waals surface area contributed by atoms with Gasteiger partial charge in [-0.15, -0.1) is 11.3 Å². The largest absolute Gasteiger partial charge is 0.293 e. The van der Waals surface area contributed by atoms with Crippen molar-refractivity contribution in [3.63, 3.8) is 0 Å². The molecule has 0 aliphatic carbocycles. The molecule has 1 aromatic heterocycles. The van der Waals surface area contributed by atoms with Crippen molar-refractivity contribution in [3.8, 4) is 6.07 Å². The van der Waals surface area contributed by atoms with Crippen LogP contribution in [0.25, 0.3) is 10.2 Å². The number of ketones is 1. The summed E-state index contributed by atoms with van der Waals surface area (Å²) in [5.74, 6) is -0.281. The number of thiazole rings is 1. The Kier molecular flexibility index (Phi) is 4.78. The lowest BCUT2D eigenvalue weighted by Crippen LogP contribution is -2.15. The maximum absolute atomic E-state index is 13.3. The summed E-state index contributed by atoms with van der Waals surface area (Å²) in [6, 6.07) is 26.8. The summed E-state index contributed by atoms with van der Waals surface area (Å²) in [5, 5.41) is 9.82. The number of nitrogens with zero attached hydrogens (tertiary/aromatic N) is 2. The lowest BCUT2D eigenvalue weighted by molar-refractivity contribution is 0.0959. The highest BCUT2D eigenvalue weighted by Gasteiger charge is 2.25. The van der Waals surface area contributed by atoms with Crippen LogP contribution in [0.5, 0.6) is 0 Å². The van der Waals surface area contributed by atoms with Gasteiger partial charge in [0.25, 0.3) is 0 Å². The molecule has 0 saturated carbocycles. The maximum atomic E-state index is 13.3. The van der Waals surface area contributed by atoms with Crippen molar-refractivity contribution in [2.45, 2.75) is 12.3 Å². The first-order chi connectivity index (χ1) is 13.2. The molecule has 0 amide bonds. The van der Waals surface area contributed by atoms with Gasteiger partial charge in [-0.3, -0.25) is 4.79 Å². The van der Waals surface area contributed by atoms with Crippen molar-refractivity contribution >= 4 is 27.3 Å². The van der Waals surface area contributed by atoms with Crippen molar-refractivity contribution in [2.75, 3.05) is 0 Å². The average molecular weight is 368 g/mol. The summed E-state index contributed by atoms with van der Waals surface area (Å²) >= 11 is 1.57. The van der Waals surface area contributed by atoms with E-state index in [4.69, 9.17) is 10.2 Å². The summed E-state index contributed by atoms with van der Waals surface area (Å²) in [6.45, 7) is 0. The number of hydrogen-bond donors (Lipinski definition) is 0. The van der Waals surface area contributed by atoms with Crippen LogP contribution < -0.4 is 0 Å². The number of nitriles is 1. The molecule has 3 aromatic carbocycles. The van der Waals surface area contributed by atoms with E-state index < -0.39 is 0 Å². The zero-order chi connectivity index (χ0) is 18.6. The van der Waals surface area contributed by atoms with Crippen LogP contribution in [0.4, 0.5) is 0 Å². The molecular formula is C23H16N2OS. The van der Waals surface area contributed by atoms with Crippen molar-refractivity contribution < 1.29 is 4.79 Å². The highest BCUT2D eigenvalue weighted by molar-refractivity contribution is 7.18. The van der Waals surface area contributed by atoms with Crippen LogP contribution in [0.3, 0.4) is 0 Å². The van der Waals surface area contributed by atoms with Crippen LogP contribution in [0, 0.1) is 11.3 Å². The van der Waals surface area contributed by atoms with Gasteiger partial charge >= 0.3 is 0 Å². The minimum absolute atomic E-state index is 0.0685. The lowest BCUT2D eigenvalue weighted by atomic mass is 9.91. The van der Waals surface area contributed by atoms with E-state index in [1.165, 1.54) is 0 Å². The molecule has 3 nitrogen and oxygen atoms in total. The SMILES string of the molecule is N#Cc1ccc(C[C@@H](C(=O)c2ccccc2)c2nc3ccccc3s2)cc1. The van der Waals surface area contributed by atoms with Gasteiger partial charge in [-0.05, 0) is 36.2 Å². The van der Waals surface area contributed by atoms with Gasteiger partial charge in [-0.1, -0.05) is 54.6 Å². The molecule has 0 spiro atoms. The average Bonchev–Trinajstić information content (AvgIpc) is 3.16. The van der Waals surface area contributed by atoms with Crippen molar-refractivity contribution in [1.29, 1.82) is 5.26 Å². The second kappa shape index (κ2) is 7.53. The molecule has 0 unspecified atom stereocenters. The van der Waals surface area contributed by atoms with E-state index in [1.807, 2.05) is 66.7 Å². The van der Waals surface area contributed by atoms with E-state index in [0.29, 0.717) is 17.5 Å². The van der Waals surface area contributed by atoms with Gasteiger partial charge in [0.1, 0.15) is 5.01 Å². The van der Waals surface area contributed by atoms with E-state index >= 15 is 0 Å². The fourth-order valence-corrected chi connectivity index (χ4v) is 4.15. The van der Waals surface area contributed by atoms with Crippen LogP contribution in [0.1, 0.15) is 32.4 Å². The van der Waals surface area contributed by atoms with Crippen LogP contribution >= 0.6 is 11.3 Å². The third-order valence-electron chi connectivity index (χ3n) is 4.51. The summed E-state index contributed by atoms with van der Waals surface area (Å²) in [5.41, 5.74) is 3.24. The molecule has 1 atom stereocenters. The zero-order valence-corrected chi connectivity index (χ0v) is 15.3. The molecule has 0 radical (unpaired) electrons. The molecule has 1 heterocycles. The fraction of sp³-hybridized carbons (Fsp3) is 0.0870. The second-order valence-corrected chi connectivity index (χ2v) is 7.38. The number of carbonyl (C=O) groups excluding carboxylic acids is 1. The minimum atomic E-state index is -0.349. The molecule has 0 aliphatic heterocycles. The van der Waals surface area contributed by atoms with E-state index in [1.54, 1.807) is 23.5 Å². The first kappa shape index (κ1) is 17.1. The molecule has 0 saturated heterocycles. The van der Waals surface area contributed by atoms with Crippen molar-refractivity contribution in [1.82, 2.24) is 4.98 Å². The molecule has 4 aromatic rings. The Morgan fingerprint density at radius 3 is 2.37 bits per heavy atom. The highest BCUT2D eigenvalue weighted by atomic mass is 32.1. The number of hydrogen-bond acceptors (Lipinski definition) is 4. The number of rotatable bonds is 5. The molecular weight excluding hydrogens is 352 g/mol. The van der Waals surface area contributed by atoms with Gasteiger partial charge in [-0.25, -0.2) is 4.98 Å². The Labute approximate surface area is 161 Å². The number of benzene rings is 3. The summed E-state index contributed by atoms with van der Waals surface area (Å²) in [7, 11) is 0. The molecule has 0 aliphatic rings. The number of carbonyl (C=O) groups is 1. The highest BCUT2D eigenvalue weighted by Crippen LogP contribution is 2.32. The molecule has 0 N–H and O–H groups in total. The van der Waals surface area contributed by atoms with Gasteiger partial charge in [0, 0.05) is 5.56 Å².